The molecule has 0 saturated heterocycles. The zero-order valence-corrected chi connectivity index (χ0v) is 18.0. The van der Waals surface area contributed by atoms with E-state index < -0.39 is 0 Å². The smallest absolute Gasteiger partial charge is 0.338 e. The first-order chi connectivity index (χ1) is 14.0. The van der Waals surface area contributed by atoms with Crippen molar-refractivity contribution in [3.8, 4) is 0 Å². The Bertz CT molecular complexity index is 1130. The van der Waals surface area contributed by atoms with Gasteiger partial charge in [-0.15, -0.1) is 11.3 Å². The van der Waals surface area contributed by atoms with E-state index in [1.807, 2.05) is 26.0 Å². The lowest BCUT2D eigenvalue weighted by Gasteiger charge is -2.17. The van der Waals surface area contributed by atoms with Gasteiger partial charge in [0.15, 0.2) is 0 Å². The van der Waals surface area contributed by atoms with E-state index in [2.05, 4.69) is 6.92 Å². The minimum absolute atomic E-state index is 0.0264. The fourth-order valence-electron chi connectivity index (χ4n) is 3.97. The maximum atomic E-state index is 13.4. The second-order valence-electron chi connectivity index (χ2n) is 7.92. The average molecular weight is 411 g/mol. The Balaban J connectivity index is 1.70. The van der Waals surface area contributed by atoms with Crippen LogP contribution in [0.2, 0.25) is 0 Å². The highest BCUT2D eigenvalue weighted by atomic mass is 32.1. The predicted octanol–water partition coefficient (Wildman–Crippen LogP) is 4.51. The van der Waals surface area contributed by atoms with E-state index in [-0.39, 0.29) is 11.5 Å². The highest BCUT2D eigenvalue weighted by Gasteiger charge is 2.24. The number of thiophene rings is 1. The van der Waals surface area contributed by atoms with Gasteiger partial charge in [-0.25, -0.2) is 9.78 Å². The van der Waals surface area contributed by atoms with E-state index in [9.17, 15) is 9.59 Å². The van der Waals surface area contributed by atoms with Crippen molar-refractivity contribution in [2.45, 2.75) is 53.0 Å². The third kappa shape index (κ3) is 3.86. The molecule has 0 bridgehead atoms. The van der Waals surface area contributed by atoms with Crippen molar-refractivity contribution in [1.29, 1.82) is 0 Å². The Labute approximate surface area is 174 Å². The molecular weight excluding hydrogens is 384 g/mol. The molecule has 0 fully saturated rings. The Kier molecular flexibility index (Phi) is 5.54. The van der Waals surface area contributed by atoms with E-state index in [0.29, 0.717) is 30.5 Å². The number of aromatic nitrogens is 2. The maximum Gasteiger partial charge on any atom is 0.338 e. The van der Waals surface area contributed by atoms with Crippen LogP contribution in [-0.4, -0.2) is 22.1 Å². The van der Waals surface area contributed by atoms with Crippen molar-refractivity contribution in [3.63, 3.8) is 0 Å². The topological polar surface area (TPSA) is 61.2 Å². The van der Waals surface area contributed by atoms with Gasteiger partial charge in [0.2, 0.25) is 0 Å². The summed E-state index contributed by atoms with van der Waals surface area (Å²) in [5, 5.41) is 0.793. The Morgan fingerprint density at radius 1 is 1.38 bits per heavy atom. The molecule has 0 saturated carbocycles. The normalized spacial score (nSPS) is 16.0. The molecule has 0 aliphatic heterocycles. The highest BCUT2D eigenvalue weighted by molar-refractivity contribution is 7.18. The van der Waals surface area contributed by atoms with Gasteiger partial charge < -0.3 is 4.74 Å². The number of hydrogen-bond donors (Lipinski definition) is 0. The van der Waals surface area contributed by atoms with E-state index >= 15 is 0 Å². The number of fused-ring (bicyclic) bond motifs is 3. The number of benzene rings is 1. The zero-order chi connectivity index (χ0) is 20.5. The predicted molar refractivity (Wildman–Crippen MR) is 116 cm³/mol. The molecule has 0 amide bonds. The number of aryl methyl sites for hydroxylation is 2. The summed E-state index contributed by atoms with van der Waals surface area (Å²) < 4.78 is 6.96. The quantitative estimate of drug-likeness (QED) is 0.581. The van der Waals surface area contributed by atoms with Gasteiger partial charge >= 0.3 is 5.97 Å². The molecule has 3 aromatic rings. The van der Waals surface area contributed by atoms with E-state index in [1.165, 1.54) is 10.4 Å². The Morgan fingerprint density at radius 2 is 2.21 bits per heavy atom. The lowest BCUT2D eigenvalue weighted by Crippen LogP contribution is -2.25. The minimum atomic E-state index is -0.327. The van der Waals surface area contributed by atoms with Gasteiger partial charge in [0.25, 0.3) is 5.56 Å². The number of carbonyl (C=O) groups is 1. The lowest BCUT2D eigenvalue weighted by atomic mass is 9.89. The average Bonchev–Trinajstić information content (AvgIpc) is 3.06. The number of rotatable bonds is 5. The van der Waals surface area contributed by atoms with Crippen molar-refractivity contribution in [2.24, 2.45) is 5.92 Å². The van der Waals surface area contributed by atoms with Gasteiger partial charge in [-0.05, 0) is 61.8 Å². The number of hydrogen-bond acceptors (Lipinski definition) is 5. The van der Waals surface area contributed by atoms with Crippen LogP contribution in [0.3, 0.4) is 0 Å². The second-order valence-corrected chi connectivity index (χ2v) is 9.00. The summed E-state index contributed by atoms with van der Waals surface area (Å²) in [5.41, 5.74) is 2.63. The Hall–Kier alpha value is -2.47. The second kappa shape index (κ2) is 8.11. The molecule has 1 aromatic carbocycles. The van der Waals surface area contributed by atoms with Crippen molar-refractivity contribution < 1.29 is 9.53 Å². The lowest BCUT2D eigenvalue weighted by molar-refractivity contribution is 0.0505. The number of nitrogens with zero attached hydrogens (tertiary/aromatic N) is 2. The van der Waals surface area contributed by atoms with E-state index in [1.54, 1.807) is 28.0 Å². The summed E-state index contributed by atoms with van der Waals surface area (Å²) in [6.07, 6.45) is 3.90. The third-order valence-corrected chi connectivity index (χ3v) is 6.69. The van der Waals surface area contributed by atoms with E-state index in [4.69, 9.17) is 9.72 Å². The van der Waals surface area contributed by atoms with Gasteiger partial charge in [0, 0.05) is 4.88 Å². The van der Waals surface area contributed by atoms with Crippen LogP contribution in [0.15, 0.2) is 29.1 Å². The first kappa shape index (κ1) is 19.8. The van der Waals surface area contributed by atoms with Crippen molar-refractivity contribution in [2.75, 3.05) is 6.61 Å². The largest absolute Gasteiger partial charge is 0.462 e. The van der Waals surface area contributed by atoms with Crippen LogP contribution >= 0.6 is 11.3 Å². The monoisotopic (exact) mass is 410 g/mol. The first-order valence-corrected chi connectivity index (χ1v) is 11.1. The maximum absolute atomic E-state index is 13.4. The molecule has 1 aliphatic carbocycles. The summed E-state index contributed by atoms with van der Waals surface area (Å²) in [6.45, 7) is 6.91. The molecule has 0 spiro atoms. The van der Waals surface area contributed by atoms with Gasteiger partial charge in [-0.1, -0.05) is 26.0 Å². The van der Waals surface area contributed by atoms with Crippen LogP contribution in [0.1, 0.15) is 58.9 Å². The summed E-state index contributed by atoms with van der Waals surface area (Å²) >= 11 is 1.68. The van der Waals surface area contributed by atoms with Gasteiger partial charge in [-0.2, -0.15) is 0 Å². The molecule has 1 atom stereocenters. The van der Waals surface area contributed by atoms with Crippen LogP contribution in [0.25, 0.3) is 10.2 Å². The van der Waals surface area contributed by atoms with Gasteiger partial charge in [0.05, 0.1) is 24.1 Å². The molecule has 6 heteroatoms. The fourth-order valence-corrected chi connectivity index (χ4v) is 5.39. The SMILES string of the molecule is CCCOC(=O)c1cccc(Cn2c(C)nc3sc4c(c3c2=O)CCC(C)C4)c1. The summed E-state index contributed by atoms with van der Waals surface area (Å²) in [6, 6.07) is 7.31. The molecule has 1 unspecified atom stereocenters. The molecule has 5 nitrogen and oxygen atoms in total. The molecule has 152 valence electrons. The molecule has 0 radical (unpaired) electrons. The molecule has 2 aromatic heterocycles. The van der Waals surface area contributed by atoms with Crippen LogP contribution in [0, 0.1) is 12.8 Å². The molecular formula is C23H26N2O3S. The van der Waals surface area contributed by atoms with Crippen LogP contribution in [-0.2, 0) is 24.1 Å². The Morgan fingerprint density at radius 3 is 3.00 bits per heavy atom. The minimum Gasteiger partial charge on any atom is -0.462 e. The fraction of sp³-hybridized carbons (Fsp3) is 0.435. The molecule has 29 heavy (non-hydrogen) atoms. The van der Waals surface area contributed by atoms with Crippen LogP contribution in [0.5, 0.6) is 0 Å². The van der Waals surface area contributed by atoms with Gasteiger partial charge in [0.1, 0.15) is 10.7 Å². The molecule has 2 heterocycles. The first-order valence-electron chi connectivity index (χ1n) is 10.3. The molecule has 1 aliphatic rings. The van der Waals surface area contributed by atoms with Gasteiger partial charge in [-0.3, -0.25) is 9.36 Å². The number of esters is 1. The van der Waals surface area contributed by atoms with Crippen LogP contribution in [0.4, 0.5) is 0 Å². The zero-order valence-electron chi connectivity index (χ0n) is 17.2. The summed E-state index contributed by atoms with van der Waals surface area (Å²) in [7, 11) is 0. The third-order valence-electron chi connectivity index (χ3n) is 5.55. The van der Waals surface area contributed by atoms with E-state index in [0.717, 1.165) is 41.5 Å². The standard InChI is InChI=1S/C23H26N2O3S/c1-4-10-28-23(27)17-7-5-6-16(12-17)13-25-15(3)24-21-20(22(25)26)18-9-8-14(2)11-19(18)29-21/h5-7,12,14H,4,8-11,13H2,1-3H3. The molecule has 0 N–H and O–H groups in total. The number of carbonyl (C=O) groups excluding carboxylic acids is 1. The van der Waals surface area contributed by atoms with Crippen LogP contribution < -0.4 is 5.56 Å². The van der Waals surface area contributed by atoms with Crippen molar-refractivity contribution >= 4 is 27.5 Å². The summed E-state index contributed by atoms with van der Waals surface area (Å²) in [4.78, 5) is 32.5. The summed E-state index contributed by atoms with van der Waals surface area (Å²) in [5.74, 6) is 1.04. The van der Waals surface area contributed by atoms with Crippen molar-refractivity contribution in [1.82, 2.24) is 9.55 Å². The number of ether oxygens (including phenoxy) is 1. The van der Waals surface area contributed by atoms with Crippen molar-refractivity contribution in [3.05, 3.63) is 62.0 Å². The highest BCUT2D eigenvalue weighted by Crippen LogP contribution is 2.35. The molecule has 4 rings (SSSR count).